The number of ether oxygens (including phenoxy) is 3. The number of carbonyl (C=O) groups excluding carboxylic acids is 3. The van der Waals surface area contributed by atoms with Gasteiger partial charge in [0.2, 0.25) is 0 Å². The maximum atomic E-state index is 12.2. The summed E-state index contributed by atoms with van der Waals surface area (Å²) >= 11 is 0. The third-order valence-electron chi connectivity index (χ3n) is 4.17. The van der Waals surface area contributed by atoms with Gasteiger partial charge in [0, 0.05) is 5.69 Å². The van der Waals surface area contributed by atoms with Gasteiger partial charge in [-0.15, -0.1) is 0 Å². The Bertz CT molecular complexity index is 896. The monoisotopic (exact) mass is 398 g/mol. The van der Waals surface area contributed by atoms with Crippen molar-refractivity contribution in [2.75, 3.05) is 17.2 Å². The minimum Gasteiger partial charge on any atom is -0.494 e. The molecule has 2 atom stereocenters. The molecule has 0 saturated heterocycles. The van der Waals surface area contributed by atoms with Crippen molar-refractivity contribution in [2.45, 2.75) is 32.5 Å². The van der Waals surface area contributed by atoms with Gasteiger partial charge < -0.3 is 24.8 Å². The van der Waals surface area contributed by atoms with Gasteiger partial charge in [0.05, 0.1) is 18.7 Å². The van der Waals surface area contributed by atoms with Crippen LogP contribution in [0.4, 0.5) is 11.4 Å². The van der Waals surface area contributed by atoms with Crippen molar-refractivity contribution in [1.29, 1.82) is 0 Å². The zero-order chi connectivity index (χ0) is 20.8. The average molecular weight is 398 g/mol. The number of nitrogens with one attached hydrogen (secondary N) is 2. The third-order valence-corrected chi connectivity index (χ3v) is 4.17. The maximum absolute atomic E-state index is 12.2. The van der Waals surface area contributed by atoms with E-state index < -0.39 is 30.0 Å². The number of hydrogen-bond donors (Lipinski definition) is 2. The van der Waals surface area contributed by atoms with Gasteiger partial charge in [-0.2, -0.15) is 0 Å². The topological polar surface area (TPSA) is 103 Å². The summed E-state index contributed by atoms with van der Waals surface area (Å²) in [5.41, 5.74) is 1.10. The van der Waals surface area contributed by atoms with Crippen LogP contribution in [0.2, 0.25) is 0 Å². The van der Waals surface area contributed by atoms with Crippen LogP contribution < -0.4 is 20.1 Å². The smallest absolute Gasteiger partial charge is 0.310 e. The molecule has 8 nitrogen and oxygen atoms in total. The number of hydrogen-bond acceptors (Lipinski definition) is 6. The third kappa shape index (κ3) is 5.25. The quantitative estimate of drug-likeness (QED) is 0.695. The van der Waals surface area contributed by atoms with E-state index in [4.69, 9.17) is 14.2 Å². The molecule has 0 aliphatic carbocycles. The summed E-state index contributed by atoms with van der Waals surface area (Å²) < 4.78 is 16.1. The van der Waals surface area contributed by atoms with Gasteiger partial charge >= 0.3 is 5.97 Å². The highest BCUT2D eigenvalue weighted by atomic mass is 16.6. The molecule has 2 N–H and O–H groups in total. The van der Waals surface area contributed by atoms with Crippen LogP contribution in [-0.4, -0.2) is 36.6 Å². The van der Waals surface area contributed by atoms with Crippen LogP contribution in [0, 0.1) is 0 Å². The number of fused-ring (bicyclic) bond motifs is 1. The van der Waals surface area contributed by atoms with Gasteiger partial charge in [0.25, 0.3) is 11.8 Å². The SMILES string of the molecule is CCOc1ccc(NC(=O)[C@@H](C)OC(=O)C[C@H]2Oc3ccccc3NC2=O)cc1. The molecule has 1 aliphatic rings. The van der Waals surface area contributed by atoms with E-state index in [1.807, 2.05) is 6.92 Å². The van der Waals surface area contributed by atoms with E-state index in [1.54, 1.807) is 48.5 Å². The molecule has 8 heteroatoms. The number of carbonyl (C=O) groups is 3. The Hall–Kier alpha value is -3.55. The molecule has 0 spiro atoms. The molecule has 3 rings (SSSR count). The minimum atomic E-state index is -1.03. The van der Waals surface area contributed by atoms with Gasteiger partial charge in [-0.3, -0.25) is 14.4 Å². The standard InChI is InChI=1S/C21H22N2O6/c1-3-27-15-10-8-14(9-11-15)22-20(25)13(2)28-19(24)12-18-21(26)23-16-6-4-5-7-17(16)29-18/h4-11,13,18H,3,12H2,1-2H3,(H,22,25)(H,23,26)/t13-,18-/m1/s1. The second-order valence-electron chi connectivity index (χ2n) is 6.37. The van der Waals surface area contributed by atoms with E-state index >= 15 is 0 Å². The van der Waals surface area contributed by atoms with Crippen molar-refractivity contribution < 1.29 is 28.6 Å². The fraction of sp³-hybridized carbons (Fsp3) is 0.286. The number of amides is 2. The van der Waals surface area contributed by atoms with Crippen molar-refractivity contribution in [3.63, 3.8) is 0 Å². The lowest BCUT2D eigenvalue weighted by Gasteiger charge is -2.25. The first-order valence-electron chi connectivity index (χ1n) is 9.26. The van der Waals surface area contributed by atoms with Crippen LogP contribution in [0.15, 0.2) is 48.5 Å². The molecule has 0 fully saturated rings. The zero-order valence-electron chi connectivity index (χ0n) is 16.1. The lowest BCUT2D eigenvalue weighted by atomic mass is 10.1. The lowest BCUT2D eigenvalue weighted by Crippen LogP contribution is -2.40. The summed E-state index contributed by atoms with van der Waals surface area (Å²) in [5, 5.41) is 5.34. The zero-order valence-corrected chi connectivity index (χ0v) is 16.1. The van der Waals surface area contributed by atoms with Gasteiger partial charge in [-0.25, -0.2) is 0 Å². The summed E-state index contributed by atoms with van der Waals surface area (Å²) in [5.74, 6) is -0.462. The van der Waals surface area contributed by atoms with E-state index in [-0.39, 0.29) is 6.42 Å². The molecule has 2 aromatic carbocycles. The van der Waals surface area contributed by atoms with Crippen molar-refractivity contribution in [1.82, 2.24) is 0 Å². The second-order valence-corrected chi connectivity index (χ2v) is 6.37. The minimum absolute atomic E-state index is 0.305. The van der Waals surface area contributed by atoms with Crippen LogP contribution in [0.3, 0.4) is 0 Å². The molecular weight excluding hydrogens is 376 g/mol. The van der Waals surface area contributed by atoms with E-state index in [0.717, 1.165) is 0 Å². The summed E-state index contributed by atoms with van der Waals surface area (Å²) in [6, 6.07) is 13.8. The first kappa shape index (κ1) is 20.2. The summed E-state index contributed by atoms with van der Waals surface area (Å²) in [4.78, 5) is 36.5. The summed E-state index contributed by atoms with van der Waals surface area (Å²) in [6.07, 6.45) is -2.35. The van der Waals surface area contributed by atoms with Crippen molar-refractivity contribution >= 4 is 29.2 Å². The normalized spacial score (nSPS) is 15.9. The van der Waals surface area contributed by atoms with Crippen LogP contribution in [-0.2, 0) is 19.1 Å². The van der Waals surface area contributed by atoms with E-state index in [2.05, 4.69) is 10.6 Å². The first-order chi connectivity index (χ1) is 14.0. The first-order valence-corrected chi connectivity index (χ1v) is 9.26. The predicted octanol–water partition coefficient (Wildman–Crippen LogP) is 2.75. The van der Waals surface area contributed by atoms with Crippen molar-refractivity contribution in [2.24, 2.45) is 0 Å². The van der Waals surface area contributed by atoms with Crippen LogP contribution in [0.5, 0.6) is 11.5 Å². The van der Waals surface area contributed by atoms with E-state index in [9.17, 15) is 14.4 Å². The molecule has 0 bridgehead atoms. The fourth-order valence-corrected chi connectivity index (χ4v) is 2.72. The molecule has 2 aromatic rings. The largest absolute Gasteiger partial charge is 0.494 e. The Balaban J connectivity index is 1.51. The molecule has 0 unspecified atom stereocenters. The molecule has 1 heterocycles. The van der Waals surface area contributed by atoms with Gasteiger partial charge in [0.15, 0.2) is 12.2 Å². The van der Waals surface area contributed by atoms with Gasteiger partial charge in [-0.05, 0) is 50.2 Å². The number of anilines is 2. The Morgan fingerprint density at radius 2 is 1.90 bits per heavy atom. The second kappa shape index (κ2) is 9.09. The highest BCUT2D eigenvalue weighted by Gasteiger charge is 2.31. The molecule has 29 heavy (non-hydrogen) atoms. The highest BCUT2D eigenvalue weighted by molar-refractivity contribution is 6.00. The molecule has 0 radical (unpaired) electrons. The number of esters is 1. The van der Waals surface area contributed by atoms with E-state index in [0.29, 0.717) is 29.5 Å². The van der Waals surface area contributed by atoms with Gasteiger partial charge in [-0.1, -0.05) is 12.1 Å². The molecule has 152 valence electrons. The highest BCUT2D eigenvalue weighted by Crippen LogP contribution is 2.29. The number of rotatable bonds is 7. The Morgan fingerprint density at radius 1 is 1.17 bits per heavy atom. The van der Waals surface area contributed by atoms with Crippen molar-refractivity contribution in [3.05, 3.63) is 48.5 Å². The summed E-state index contributed by atoms with van der Waals surface area (Å²) in [6.45, 7) is 3.89. The summed E-state index contributed by atoms with van der Waals surface area (Å²) in [7, 11) is 0. The molecule has 2 amide bonds. The maximum Gasteiger partial charge on any atom is 0.310 e. The Morgan fingerprint density at radius 3 is 2.62 bits per heavy atom. The average Bonchev–Trinajstić information content (AvgIpc) is 2.70. The van der Waals surface area contributed by atoms with Crippen LogP contribution in [0.1, 0.15) is 20.3 Å². The van der Waals surface area contributed by atoms with Crippen LogP contribution in [0.25, 0.3) is 0 Å². The number of para-hydroxylation sites is 2. The number of benzene rings is 2. The molecule has 0 aromatic heterocycles. The Kier molecular flexibility index (Phi) is 6.33. The molecule has 0 saturated carbocycles. The Labute approximate surface area is 168 Å². The van der Waals surface area contributed by atoms with Crippen LogP contribution >= 0.6 is 0 Å². The fourth-order valence-electron chi connectivity index (χ4n) is 2.72. The lowest BCUT2D eigenvalue weighted by molar-refractivity contribution is -0.155. The molecular formula is C21H22N2O6. The van der Waals surface area contributed by atoms with Gasteiger partial charge in [0.1, 0.15) is 11.5 Å². The van der Waals surface area contributed by atoms with Crippen molar-refractivity contribution in [3.8, 4) is 11.5 Å². The predicted molar refractivity (Wildman–Crippen MR) is 106 cm³/mol. The van der Waals surface area contributed by atoms with E-state index in [1.165, 1.54) is 6.92 Å². The molecule has 1 aliphatic heterocycles.